The number of amides is 1. The van der Waals surface area contributed by atoms with Gasteiger partial charge in [0.05, 0.1) is 17.9 Å². The molecule has 1 aliphatic heterocycles. The molecule has 128 valence electrons. The molecule has 1 aliphatic carbocycles. The molecule has 0 saturated carbocycles. The smallest absolute Gasteiger partial charge is 0.310 e. The normalized spacial score (nSPS) is 26.1. The van der Waals surface area contributed by atoms with E-state index in [4.69, 9.17) is 9.47 Å². The van der Waals surface area contributed by atoms with Crippen LogP contribution in [0.4, 0.5) is 5.69 Å². The summed E-state index contributed by atoms with van der Waals surface area (Å²) in [5, 5.41) is 2.89. The van der Waals surface area contributed by atoms with E-state index in [1.54, 1.807) is 0 Å². The van der Waals surface area contributed by atoms with Gasteiger partial charge in [0.15, 0.2) is 0 Å². The van der Waals surface area contributed by atoms with Gasteiger partial charge in [-0.2, -0.15) is 0 Å². The first kappa shape index (κ1) is 16.7. The average Bonchev–Trinajstić information content (AvgIpc) is 3.14. The number of ether oxygens (including phenoxy) is 2. The van der Waals surface area contributed by atoms with Gasteiger partial charge in [0.2, 0.25) is 5.91 Å². The van der Waals surface area contributed by atoms with E-state index in [0.717, 1.165) is 25.1 Å². The fourth-order valence-electron chi connectivity index (χ4n) is 3.18. The van der Waals surface area contributed by atoms with E-state index in [2.05, 4.69) is 5.32 Å². The summed E-state index contributed by atoms with van der Waals surface area (Å²) in [7, 11) is 0. The Morgan fingerprint density at radius 3 is 2.58 bits per heavy atom. The molecule has 1 N–H and O–H groups in total. The first-order valence-corrected chi connectivity index (χ1v) is 8.53. The van der Waals surface area contributed by atoms with Gasteiger partial charge >= 0.3 is 5.97 Å². The molecule has 5 heteroatoms. The summed E-state index contributed by atoms with van der Waals surface area (Å²) in [5.41, 5.74) is 0.739. The zero-order valence-corrected chi connectivity index (χ0v) is 13.6. The number of para-hydroxylation sites is 1. The number of rotatable bonds is 5. The van der Waals surface area contributed by atoms with Crippen LogP contribution in [-0.2, 0) is 19.1 Å². The number of carbonyl (C=O) groups is 2. The maximum atomic E-state index is 12.6. The molecule has 24 heavy (non-hydrogen) atoms. The standard InChI is InChI=1S/C19H23NO4/c21-18(20-14-7-2-1-3-8-14)16-10-4-5-11-17(16)19(22)24-13-15-9-6-12-23-15/h1-5,7-8,15-17H,6,9-13H2,(H,20,21)/t15-,16-,17-/m1/s1. The van der Waals surface area contributed by atoms with E-state index in [1.165, 1.54) is 0 Å². The first-order chi connectivity index (χ1) is 11.7. The number of carbonyl (C=O) groups excluding carboxylic acids is 2. The van der Waals surface area contributed by atoms with Crippen LogP contribution in [0.3, 0.4) is 0 Å². The second-order valence-electron chi connectivity index (χ2n) is 6.28. The van der Waals surface area contributed by atoms with Gasteiger partial charge in [0.25, 0.3) is 0 Å². The van der Waals surface area contributed by atoms with E-state index >= 15 is 0 Å². The number of anilines is 1. The van der Waals surface area contributed by atoms with Crippen molar-refractivity contribution in [3.63, 3.8) is 0 Å². The van der Waals surface area contributed by atoms with Gasteiger partial charge in [-0.1, -0.05) is 30.4 Å². The lowest BCUT2D eigenvalue weighted by atomic mass is 9.82. The van der Waals surface area contributed by atoms with E-state index in [-0.39, 0.29) is 24.6 Å². The Balaban J connectivity index is 1.58. The molecule has 5 nitrogen and oxygen atoms in total. The lowest BCUT2D eigenvalue weighted by Gasteiger charge is -2.26. The Bertz CT molecular complexity index is 593. The molecule has 1 fully saturated rings. The van der Waals surface area contributed by atoms with Crippen molar-refractivity contribution < 1.29 is 19.1 Å². The van der Waals surface area contributed by atoms with Crippen LogP contribution in [0.2, 0.25) is 0 Å². The zero-order chi connectivity index (χ0) is 16.8. The van der Waals surface area contributed by atoms with Crippen LogP contribution < -0.4 is 5.32 Å². The Morgan fingerprint density at radius 1 is 1.12 bits per heavy atom. The van der Waals surface area contributed by atoms with Crippen LogP contribution in [0.1, 0.15) is 25.7 Å². The van der Waals surface area contributed by atoms with Crippen LogP contribution in [-0.4, -0.2) is 31.2 Å². The molecule has 1 aromatic rings. The second kappa shape index (κ2) is 8.11. The van der Waals surface area contributed by atoms with Crippen molar-refractivity contribution in [2.45, 2.75) is 31.8 Å². The molecule has 1 saturated heterocycles. The molecule has 1 heterocycles. The first-order valence-electron chi connectivity index (χ1n) is 8.53. The van der Waals surface area contributed by atoms with E-state index < -0.39 is 11.8 Å². The highest BCUT2D eigenvalue weighted by Gasteiger charge is 2.35. The Morgan fingerprint density at radius 2 is 1.88 bits per heavy atom. The van der Waals surface area contributed by atoms with Crippen molar-refractivity contribution in [2.24, 2.45) is 11.8 Å². The molecule has 0 spiro atoms. The quantitative estimate of drug-likeness (QED) is 0.666. The maximum Gasteiger partial charge on any atom is 0.310 e. The third kappa shape index (κ3) is 4.23. The van der Waals surface area contributed by atoms with Crippen molar-refractivity contribution in [3.8, 4) is 0 Å². The summed E-state index contributed by atoms with van der Waals surface area (Å²) in [5.74, 6) is -1.26. The summed E-state index contributed by atoms with van der Waals surface area (Å²) < 4.78 is 10.9. The average molecular weight is 329 g/mol. The van der Waals surface area contributed by atoms with Crippen molar-refractivity contribution in [3.05, 3.63) is 42.5 Å². The zero-order valence-electron chi connectivity index (χ0n) is 13.6. The number of nitrogens with one attached hydrogen (secondary N) is 1. The molecule has 0 bridgehead atoms. The van der Waals surface area contributed by atoms with Crippen LogP contribution in [0.25, 0.3) is 0 Å². The molecule has 3 rings (SSSR count). The van der Waals surface area contributed by atoms with Crippen LogP contribution in [0.15, 0.2) is 42.5 Å². The number of hydrogen-bond acceptors (Lipinski definition) is 4. The van der Waals surface area contributed by atoms with Crippen LogP contribution >= 0.6 is 0 Å². The highest BCUT2D eigenvalue weighted by atomic mass is 16.6. The molecule has 2 aliphatic rings. The lowest BCUT2D eigenvalue weighted by molar-refractivity contribution is -0.155. The molecular formula is C19H23NO4. The highest BCUT2D eigenvalue weighted by Crippen LogP contribution is 2.28. The topological polar surface area (TPSA) is 64.6 Å². The predicted octanol–water partition coefficient (Wildman–Crippen LogP) is 2.93. The lowest BCUT2D eigenvalue weighted by Crippen LogP contribution is -2.36. The number of hydrogen-bond donors (Lipinski definition) is 1. The van der Waals surface area contributed by atoms with Gasteiger partial charge in [-0.05, 0) is 37.8 Å². The van der Waals surface area contributed by atoms with Gasteiger partial charge in [0.1, 0.15) is 6.61 Å². The minimum Gasteiger partial charge on any atom is -0.463 e. The van der Waals surface area contributed by atoms with Gasteiger partial charge in [-0.3, -0.25) is 9.59 Å². The highest BCUT2D eigenvalue weighted by molar-refractivity contribution is 5.95. The minimum atomic E-state index is -0.430. The molecule has 0 radical (unpaired) electrons. The van der Waals surface area contributed by atoms with Crippen molar-refractivity contribution >= 4 is 17.6 Å². The van der Waals surface area contributed by atoms with Crippen molar-refractivity contribution in [1.82, 2.24) is 0 Å². The fourth-order valence-corrected chi connectivity index (χ4v) is 3.18. The summed E-state index contributed by atoms with van der Waals surface area (Å²) in [6.45, 7) is 1.02. The molecule has 1 aromatic carbocycles. The largest absolute Gasteiger partial charge is 0.463 e. The number of esters is 1. The van der Waals surface area contributed by atoms with E-state index in [9.17, 15) is 9.59 Å². The van der Waals surface area contributed by atoms with E-state index in [1.807, 2.05) is 42.5 Å². The second-order valence-corrected chi connectivity index (χ2v) is 6.28. The van der Waals surface area contributed by atoms with Crippen LogP contribution in [0, 0.1) is 11.8 Å². The SMILES string of the molecule is O=C(Nc1ccccc1)[C@@H]1CC=CC[C@H]1C(=O)OC[C@H]1CCCO1. The van der Waals surface area contributed by atoms with Gasteiger partial charge in [-0.15, -0.1) is 0 Å². The summed E-state index contributed by atoms with van der Waals surface area (Å²) >= 11 is 0. The molecular weight excluding hydrogens is 306 g/mol. The third-order valence-corrected chi connectivity index (χ3v) is 4.55. The van der Waals surface area contributed by atoms with Crippen molar-refractivity contribution in [2.75, 3.05) is 18.5 Å². The summed E-state index contributed by atoms with van der Waals surface area (Å²) in [6, 6.07) is 9.29. The summed E-state index contributed by atoms with van der Waals surface area (Å²) in [6.07, 6.45) is 6.94. The van der Waals surface area contributed by atoms with Crippen LogP contribution in [0.5, 0.6) is 0 Å². The van der Waals surface area contributed by atoms with Gasteiger partial charge < -0.3 is 14.8 Å². The Labute approximate surface area is 142 Å². The summed E-state index contributed by atoms with van der Waals surface area (Å²) in [4.78, 5) is 25.0. The molecule has 0 unspecified atom stereocenters. The number of benzene rings is 1. The molecule has 3 atom stereocenters. The third-order valence-electron chi connectivity index (χ3n) is 4.55. The maximum absolute atomic E-state index is 12.6. The Kier molecular flexibility index (Phi) is 5.64. The number of allylic oxidation sites excluding steroid dienone is 2. The minimum absolute atomic E-state index is 0.00433. The molecule has 0 aromatic heterocycles. The Hall–Kier alpha value is -2.14. The van der Waals surface area contributed by atoms with Crippen molar-refractivity contribution in [1.29, 1.82) is 0 Å². The fraction of sp³-hybridized carbons (Fsp3) is 0.474. The molecule has 1 amide bonds. The monoisotopic (exact) mass is 329 g/mol. The van der Waals surface area contributed by atoms with Gasteiger partial charge in [0, 0.05) is 12.3 Å². The predicted molar refractivity (Wildman–Crippen MR) is 90.4 cm³/mol. The van der Waals surface area contributed by atoms with E-state index in [0.29, 0.717) is 12.8 Å². The van der Waals surface area contributed by atoms with Gasteiger partial charge in [-0.25, -0.2) is 0 Å².